The van der Waals surface area contributed by atoms with Crippen molar-refractivity contribution in [3.63, 3.8) is 0 Å². The average molecular weight is 476 g/mol. The predicted octanol–water partition coefficient (Wildman–Crippen LogP) is 3.54. The summed E-state index contributed by atoms with van der Waals surface area (Å²) in [5.41, 5.74) is 2.89. The number of benzene rings is 1. The number of hydrogen-bond acceptors (Lipinski definition) is 7. The van der Waals surface area contributed by atoms with Crippen LogP contribution in [-0.4, -0.2) is 46.0 Å². The Bertz CT molecular complexity index is 1070. The molecule has 1 amide bonds. The van der Waals surface area contributed by atoms with E-state index in [1.807, 2.05) is 31.2 Å². The molecule has 0 radical (unpaired) electrons. The number of carbonyl (C=O) groups is 1. The van der Waals surface area contributed by atoms with Crippen LogP contribution in [0.5, 0.6) is 0 Å². The van der Waals surface area contributed by atoms with Gasteiger partial charge in [-0.15, -0.1) is 0 Å². The van der Waals surface area contributed by atoms with Crippen molar-refractivity contribution in [2.45, 2.75) is 70.6 Å². The normalized spacial score (nSPS) is 15.2. The second-order valence-corrected chi connectivity index (χ2v) is 9.32. The van der Waals surface area contributed by atoms with Gasteiger partial charge < -0.3 is 16.0 Å². The van der Waals surface area contributed by atoms with Crippen LogP contribution in [0.3, 0.4) is 0 Å². The molecular formula is C27H37N7O. The van der Waals surface area contributed by atoms with Gasteiger partial charge in [-0.1, -0.05) is 31.4 Å². The van der Waals surface area contributed by atoms with Gasteiger partial charge in [0.05, 0.1) is 17.3 Å². The monoisotopic (exact) mass is 475 g/mol. The number of rotatable bonds is 12. The highest BCUT2D eigenvalue weighted by Crippen LogP contribution is 2.17. The van der Waals surface area contributed by atoms with Gasteiger partial charge >= 0.3 is 0 Å². The Labute approximate surface area is 207 Å². The first kappa shape index (κ1) is 25.2. The topological polar surface area (TPSA) is 104 Å². The van der Waals surface area contributed by atoms with Crippen molar-refractivity contribution in [1.82, 2.24) is 30.9 Å². The lowest BCUT2D eigenvalue weighted by Crippen LogP contribution is -2.38. The summed E-state index contributed by atoms with van der Waals surface area (Å²) in [6.45, 7) is 5.21. The zero-order chi connectivity index (χ0) is 24.3. The van der Waals surface area contributed by atoms with Crippen molar-refractivity contribution < 1.29 is 4.79 Å². The van der Waals surface area contributed by atoms with Crippen molar-refractivity contribution in [2.75, 3.05) is 18.4 Å². The Balaban J connectivity index is 1.19. The van der Waals surface area contributed by atoms with Crippen molar-refractivity contribution in [3.8, 4) is 0 Å². The van der Waals surface area contributed by atoms with E-state index in [1.54, 1.807) is 12.4 Å². The first-order chi connectivity index (χ1) is 17.2. The summed E-state index contributed by atoms with van der Waals surface area (Å²) in [4.78, 5) is 25.6. The maximum atomic E-state index is 12.5. The standard InChI is InChI=1S/C27H37N7O/c1-20(31-19-24-10-5-6-14-30-24)26(35)34-27-32-18-22-16-21(11-12-25(22)33-27)17-28-13-7-15-29-23-8-3-2-4-9-23/h5-6,10-12,14,16,18,20,23,28-29,31H,2-4,7-9,13,15,17,19H2,1H3,(H,32,33,34,35)/t20-/m0/s1. The zero-order valence-electron chi connectivity index (χ0n) is 20.6. The van der Waals surface area contributed by atoms with E-state index in [4.69, 9.17) is 0 Å². The van der Waals surface area contributed by atoms with Crippen LogP contribution in [0.1, 0.15) is 56.7 Å². The Hall–Kier alpha value is -2.94. The number of aromatic nitrogens is 3. The third-order valence-corrected chi connectivity index (χ3v) is 6.49. The molecule has 0 saturated heterocycles. The molecule has 2 heterocycles. The number of nitrogens with one attached hydrogen (secondary N) is 4. The number of fused-ring (bicyclic) bond motifs is 1. The minimum absolute atomic E-state index is 0.181. The molecule has 0 bridgehead atoms. The van der Waals surface area contributed by atoms with Gasteiger partial charge in [-0.25, -0.2) is 9.97 Å². The van der Waals surface area contributed by atoms with E-state index in [0.29, 0.717) is 12.5 Å². The van der Waals surface area contributed by atoms with Crippen molar-refractivity contribution >= 4 is 22.8 Å². The zero-order valence-corrected chi connectivity index (χ0v) is 20.6. The number of carbonyl (C=O) groups excluding carboxylic acids is 1. The quantitative estimate of drug-likeness (QED) is 0.297. The first-order valence-electron chi connectivity index (χ1n) is 12.8. The Kier molecular flexibility index (Phi) is 9.51. The highest BCUT2D eigenvalue weighted by atomic mass is 16.2. The summed E-state index contributed by atoms with van der Waals surface area (Å²) in [6, 6.07) is 12.2. The van der Waals surface area contributed by atoms with Gasteiger partial charge in [-0.3, -0.25) is 15.1 Å². The minimum atomic E-state index is -0.400. The highest BCUT2D eigenvalue weighted by Gasteiger charge is 2.14. The molecule has 0 aliphatic heterocycles. The fraction of sp³-hybridized carbons (Fsp3) is 0.481. The molecular weight excluding hydrogens is 438 g/mol. The molecule has 8 heteroatoms. The van der Waals surface area contributed by atoms with Gasteiger partial charge in [0.25, 0.3) is 0 Å². The van der Waals surface area contributed by atoms with Gasteiger partial charge in [-0.2, -0.15) is 0 Å². The van der Waals surface area contributed by atoms with Crippen LogP contribution < -0.4 is 21.3 Å². The summed E-state index contributed by atoms with van der Waals surface area (Å²) in [6.07, 6.45) is 11.4. The molecule has 3 aromatic rings. The van der Waals surface area contributed by atoms with E-state index in [2.05, 4.69) is 48.4 Å². The van der Waals surface area contributed by atoms with Crippen molar-refractivity contribution in [2.24, 2.45) is 0 Å². The molecule has 2 aromatic heterocycles. The second-order valence-electron chi connectivity index (χ2n) is 9.32. The predicted molar refractivity (Wildman–Crippen MR) is 140 cm³/mol. The van der Waals surface area contributed by atoms with Crippen LogP contribution >= 0.6 is 0 Å². The smallest absolute Gasteiger partial charge is 0.243 e. The van der Waals surface area contributed by atoms with Crippen LogP contribution in [0.15, 0.2) is 48.8 Å². The van der Waals surface area contributed by atoms with Gasteiger partial charge in [0, 0.05) is 36.9 Å². The molecule has 1 fully saturated rings. The van der Waals surface area contributed by atoms with Gasteiger partial charge in [0.15, 0.2) is 0 Å². The van der Waals surface area contributed by atoms with Crippen LogP contribution in [0.4, 0.5) is 5.95 Å². The van der Waals surface area contributed by atoms with E-state index in [9.17, 15) is 4.79 Å². The first-order valence-corrected chi connectivity index (χ1v) is 12.8. The highest BCUT2D eigenvalue weighted by molar-refractivity contribution is 5.93. The summed E-state index contributed by atoms with van der Waals surface area (Å²) >= 11 is 0. The molecule has 0 unspecified atom stereocenters. The van der Waals surface area contributed by atoms with E-state index in [-0.39, 0.29) is 5.91 Å². The number of anilines is 1. The molecule has 1 saturated carbocycles. The molecule has 8 nitrogen and oxygen atoms in total. The third kappa shape index (κ3) is 8.06. The Morgan fingerprint density at radius 3 is 2.77 bits per heavy atom. The largest absolute Gasteiger partial charge is 0.314 e. The van der Waals surface area contributed by atoms with E-state index in [1.165, 1.54) is 37.7 Å². The SMILES string of the molecule is C[C@H](NCc1ccccn1)C(=O)Nc1ncc2cc(CNCCCNC3CCCCC3)ccc2n1. The number of hydrogen-bond donors (Lipinski definition) is 4. The second kappa shape index (κ2) is 13.2. The van der Waals surface area contributed by atoms with E-state index < -0.39 is 6.04 Å². The third-order valence-electron chi connectivity index (χ3n) is 6.49. The lowest BCUT2D eigenvalue weighted by atomic mass is 9.95. The number of amides is 1. The average Bonchev–Trinajstić information content (AvgIpc) is 2.90. The lowest BCUT2D eigenvalue weighted by Gasteiger charge is -2.22. The van der Waals surface area contributed by atoms with Crippen molar-refractivity contribution in [3.05, 3.63) is 60.0 Å². The Morgan fingerprint density at radius 1 is 1.06 bits per heavy atom. The summed E-state index contributed by atoms with van der Waals surface area (Å²) in [5.74, 6) is 0.129. The lowest BCUT2D eigenvalue weighted by molar-refractivity contribution is -0.117. The fourth-order valence-corrected chi connectivity index (χ4v) is 4.38. The van der Waals surface area contributed by atoms with E-state index >= 15 is 0 Å². The molecule has 1 aliphatic rings. The summed E-state index contributed by atoms with van der Waals surface area (Å²) in [5, 5.41) is 14.2. The van der Waals surface area contributed by atoms with Gasteiger partial charge in [0.1, 0.15) is 0 Å². The molecule has 186 valence electrons. The Morgan fingerprint density at radius 2 is 1.94 bits per heavy atom. The number of pyridine rings is 1. The van der Waals surface area contributed by atoms with Crippen LogP contribution in [0, 0.1) is 0 Å². The molecule has 0 spiro atoms. The van der Waals surface area contributed by atoms with Crippen LogP contribution in [0.25, 0.3) is 10.9 Å². The maximum Gasteiger partial charge on any atom is 0.243 e. The van der Waals surface area contributed by atoms with E-state index in [0.717, 1.165) is 48.7 Å². The summed E-state index contributed by atoms with van der Waals surface area (Å²) < 4.78 is 0. The van der Waals surface area contributed by atoms with Crippen LogP contribution in [0.2, 0.25) is 0 Å². The molecule has 4 N–H and O–H groups in total. The molecule has 35 heavy (non-hydrogen) atoms. The van der Waals surface area contributed by atoms with Gasteiger partial charge in [0.2, 0.25) is 11.9 Å². The maximum absolute atomic E-state index is 12.5. The molecule has 1 aliphatic carbocycles. The molecule has 1 aromatic carbocycles. The van der Waals surface area contributed by atoms with Crippen LogP contribution in [-0.2, 0) is 17.9 Å². The number of nitrogens with zero attached hydrogens (tertiary/aromatic N) is 3. The van der Waals surface area contributed by atoms with Crippen molar-refractivity contribution in [1.29, 1.82) is 0 Å². The molecule has 4 rings (SSSR count). The molecule has 1 atom stereocenters. The van der Waals surface area contributed by atoms with Gasteiger partial charge in [-0.05, 0) is 69.1 Å². The summed E-state index contributed by atoms with van der Waals surface area (Å²) in [7, 11) is 0. The minimum Gasteiger partial charge on any atom is -0.314 e. The fourth-order valence-electron chi connectivity index (χ4n) is 4.38.